The third kappa shape index (κ3) is 3.85. The van der Waals surface area contributed by atoms with Crippen molar-refractivity contribution in [3.05, 3.63) is 59.2 Å². The molecule has 3 N–H and O–H groups in total. The summed E-state index contributed by atoms with van der Waals surface area (Å²) in [7, 11) is 0. The van der Waals surface area contributed by atoms with Crippen LogP contribution in [-0.4, -0.2) is 5.84 Å². The van der Waals surface area contributed by atoms with E-state index in [4.69, 9.17) is 15.9 Å². The minimum Gasteiger partial charge on any atom is -0.456 e. The minimum absolute atomic E-state index is 0.0215. The Morgan fingerprint density at radius 2 is 1.86 bits per heavy atom. The lowest BCUT2D eigenvalue weighted by Gasteiger charge is -2.13. The van der Waals surface area contributed by atoms with Crippen LogP contribution in [0, 0.1) is 12.3 Å². The van der Waals surface area contributed by atoms with Gasteiger partial charge < -0.3 is 10.5 Å². The molecule has 0 saturated carbocycles. The van der Waals surface area contributed by atoms with Crippen LogP contribution < -0.4 is 10.5 Å². The van der Waals surface area contributed by atoms with Gasteiger partial charge in [0.2, 0.25) is 0 Å². The van der Waals surface area contributed by atoms with Crippen LogP contribution in [0.25, 0.3) is 0 Å². The number of aryl methyl sites for hydroxylation is 2. The Hall–Kier alpha value is -2.29. The van der Waals surface area contributed by atoms with Crippen molar-refractivity contribution in [1.29, 1.82) is 5.41 Å². The predicted octanol–water partition coefficient (Wildman–Crippen LogP) is 4.41. The van der Waals surface area contributed by atoms with Crippen molar-refractivity contribution in [1.82, 2.24) is 0 Å². The summed E-state index contributed by atoms with van der Waals surface area (Å²) in [4.78, 5) is 0. The summed E-state index contributed by atoms with van der Waals surface area (Å²) in [6.07, 6.45) is 3.50. The highest BCUT2D eigenvalue weighted by Gasteiger charge is 2.10. The molecular weight excluding hydrogens is 260 g/mol. The second kappa shape index (κ2) is 6.93. The van der Waals surface area contributed by atoms with Gasteiger partial charge in [-0.3, -0.25) is 5.41 Å². The molecule has 0 amide bonds. The van der Waals surface area contributed by atoms with Gasteiger partial charge in [0.15, 0.2) is 0 Å². The number of hydrogen-bond acceptors (Lipinski definition) is 2. The molecule has 21 heavy (non-hydrogen) atoms. The van der Waals surface area contributed by atoms with Crippen LogP contribution in [0.4, 0.5) is 0 Å². The number of para-hydroxylation sites is 1. The van der Waals surface area contributed by atoms with Crippen LogP contribution in [0.3, 0.4) is 0 Å². The molecule has 0 unspecified atom stereocenters. The van der Waals surface area contributed by atoms with E-state index in [0.29, 0.717) is 11.3 Å². The number of unbranched alkanes of at least 4 members (excludes halogenated alkanes) is 1. The topological polar surface area (TPSA) is 59.1 Å². The van der Waals surface area contributed by atoms with Gasteiger partial charge in [-0.2, -0.15) is 0 Å². The van der Waals surface area contributed by atoms with Gasteiger partial charge in [-0.15, -0.1) is 0 Å². The zero-order chi connectivity index (χ0) is 15.2. The molecule has 0 atom stereocenters. The summed E-state index contributed by atoms with van der Waals surface area (Å²) in [5, 5.41) is 7.65. The van der Waals surface area contributed by atoms with E-state index in [2.05, 4.69) is 19.1 Å². The number of benzene rings is 2. The monoisotopic (exact) mass is 282 g/mol. The highest BCUT2D eigenvalue weighted by atomic mass is 16.5. The smallest absolute Gasteiger partial charge is 0.141 e. The first kappa shape index (κ1) is 15.1. The first-order valence-electron chi connectivity index (χ1n) is 7.32. The molecule has 0 radical (unpaired) electrons. The first-order chi connectivity index (χ1) is 10.1. The summed E-state index contributed by atoms with van der Waals surface area (Å²) >= 11 is 0. The Balaban J connectivity index is 2.20. The molecule has 0 bridgehead atoms. The van der Waals surface area contributed by atoms with E-state index >= 15 is 0 Å². The molecule has 0 fully saturated rings. The van der Waals surface area contributed by atoms with Crippen LogP contribution in [0.5, 0.6) is 11.5 Å². The molecule has 0 saturated heterocycles. The third-order valence-corrected chi connectivity index (χ3v) is 3.46. The van der Waals surface area contributed by atoms with E-state index in [1.165, 1.54) is 18.4 Å². The normalized spacial score (nSPS) is 10.4. The van der Waals surface area contributed by atoms with Crippen molar-refractivity contribution >= 4 is 5.84 Å². The van der Waals surface area contributed by atoms with E-state index < -0.39 is 0 Å². The maximum Gasteiger partial charge on any atom is 0.141 e. The second-order valence-corrected chi connectivity index (χ2v) is 5.21. The molecule has 0 heterocycles. The first-order valence-corrected chi connectivity index (χ1v) is 7.32. The van der Waals surface area contributed by atoms with Gasteiger partial charge in [-0.05, 0) is 49.1 Å². The highest BCUT2D eigenvalue weighted by molar-refractivity contribution is 5.98. The maximum absolute atomic E-state index is 7.65. The fourth-order valence-electron chi connectivity index (χ4n) is 2.22. The van der Waals surface area contributed by atoms with Crippen molar-refractivity contribution in [3.63, 3.8) is 0 Å². The van der Waals surface area contributed by atoms with Crippen molar-refractivity contribution in [3.8, 4) is 11.5 Å². The fourth-order valence-corrected chi connectivity index (χ4v) is 2.22. The van der Waals surface area contributed by atoms with E-state index in [0.717, 1.165) is 17.7 Å². The summed E-state index contributed by atoms with van der Waals surface area (Å²) in [5.74, 6) is 1.45. The quantitative estimate of drug-likeness (QED) is 0.609. The second-order valence-electron chi connectivity index (χ2n) is 5.21. The standard InChI is InChI=1S/C18H22N2O/c1-3-4-7-14-9-11-15(12-10-14)21-17-13(2)6-5-8-16(17)18(19)20/h5-6,8-12H,3-4,7H2,1-2H3,(H3,19,20). The zero-order valence-electron chi connectivity index (χ0n) is 12.6. The average molecular weight is 282 g/mol. The molecule has 2 aromatic rings. The van der Waals surface area contributed by atoms with Crippen LogP contribution >= 0.6 is 0 Å². The number of amidine groups is 1. The molecule has 0 spiro atoms. The van der Waals surface area contributed by atoms with Gasteiger partial charge in [-0.1, -0.05) is 37.6 Å². The predicted molar refractivity (Wildman–Crippen MR) is 87.3 cm³/mol. The van der Waals surface area contributed by atoms with Crippen molar-refractivity contribution in [2.75, 3.05) is 0 Å². The summed E-state index contributed by atoms with van der Waals surface area (Å²) in [6, 6.07) is 13.8. The van der Waals surface area contributed by atoms with E-state index in [1.54, 1.807) is 6.07 Å². The molecule has 0 aliphatic rings. The van der Waals surface area contributed by atoms with Gasteiger partial charge in [0.25, 0.3) is 0 Å². The van der Waals surface area contributed by atoms with Gasteiger partial charge >= 0.3 is 0 Å². The van der Waals surface area contributed by atoms with Crippen LogP contribution in [0.15, 0.2) is 42.5 Å². The zero-order valence-corrected chi connectivity index (χ0v) is 12.6. The van der Waals surface area contributed by atoms with Crippen LogP contribution in [0.1, 0.15) is 36.5 Å². The molecule has 0 aliphatic heterocycles. The molecule has 3 heteroatoms. The molecule has 2 aromatic carbocycles. The summed E-state index contributed by atoms with van der Waals surface area (Å²) in [6.45, 7) is 4.15. The number of hydrogen-bond donors (Lipinski definition) is 2. The van der Waals surface area contributed by atoms with Gasteiger partial charge in [0.1, 0.15) is 17.3 Å². The maximum atomic E-state index is 7.65. The SMILES string of the molecule is CCCCc1ccc(Oc2c(C)cccc2C(=N)N)cc1. The molecular formula is C18H22N2O. The molecule has 3 nitrogen and oxygen atoms in total. The van der Waals surface area contributed by atoms with E-state index in [9.17, 15) is 0 Å². The number of nitrogen functional groups attached to an aromatic ring is 1. The Bertz CT molecular complexity index is 618. The number of nitrogens with one attached hydrogen (secondary N) is 1. The lowest BCUT2D eigenvalue weighted by Crippen LogP contribution is -2.12. The average Bonchev–Trinajstić information content (AvgIpc) is 2.48. The van der Waals surface area contributed by atoms with Crippen LogP contribution in [0.2, 0.25) is 0 Å². The number of rotatable bonds is 6. The van der Waals surface area contributed by atoms with E-state index in [-0.39, 0.29) is 5.84 Å². The number of nitrogens with two attached hydrogens (primary N) is 1. The van der Waals surface area contributed by atoms with Crippen molar-refractivity contribution in [2.45, 2.75) is 33.1 Å². The molecule has 110 valence electrons. The molecule has 0 aliphatic carbocycles. The Morgan fingerprint density at radius 3 is 2.48 bits per heavy atom. The fraction of sp³-hybridized carbons (Fsp3) is 0.278. The lowest BCUT2D eigenvalue weighted by atomic mass is 10.1. The summed E-state index contributed by atoms with van der Waals surface area (Å²) in [5.41, 5.74) is 8.54. The van der Waals surface area contributed by atoms with Gasteiger partial charge in [0.05, 0.1) is 5.56 Å². The number of ether oxygens (including phenoxy) is 1. The lowest BCUT2D eigenvalue weighted by molar-refractivity contribution is 0.477. The largest absolute Gasteiger partial charge is 0.456 e. The Labute approximate surface area is 126 Å². The van der Waals surface area contributed by atoms with Crippen molar-refractivity contribution < 1.29 is 4.74 Å². The third-order valence-electron chi connectivity index (χ3n) is 3.46. The molecule has 2 rings (SSSR count). The van der Waals surface area contributed by atoms with Crippen molar-refractivity contribution in [2.24, 2.45) is 5.73 Å². The molecule has 0 aromatic heterocycles. The Kier molecular flexibility index (Phi) is 4.99. The van der Waals surface area contributed by atoms with Gasteiger partial charge in [0, 0.05) is 0 Å². The summed E-state index contributed by atoms with van der Waals surface area (Å²) < 4.78 is 5.94. The van der Waals surface area contributed by atoms with E-state index in [1.807, 2.05) is 31.2 Å². The highest BCUT2D eigenvalue weighted by Crippen LogP contribution is 2.29. The Morgan fingerprint density at radius 1 is 1.14 bits per heavy atom. The minimum atomic E-state index is 0.0215. The van der Waals surface area contributed by atoms with Crippen LogP contribution in [-0.2, 0) is 6.42 Å². The van der Waals surface area contributed by atoms with Gasteiger partial charge in [-0.25, -0.2) is 0 Å².